The number of carbonyl (C=O) groups excluding carboxylic acids is 2. The van der Waals surface area contributed by atoms with Crippen molar-refractivity contribution in [2.75, 3.05) is 42.5 Å². The van der Waals surface area contributed by atoms with Crippen LogP contribution in [-0.2, 0) is 0 Å². The molecule has 7 heteroatoms. The lowest BCUT2D eigenvalue weighted by atomic mass is 9.93. The van der Waals surface area contributed by atoms with Crippen LogP contribution in [-0.4, -0.2) is 55.6 Å². The number of aryl methyl sites for hydroxylation is 1. The van der Waals surface area contributed by atoms with E-state index in [0.29, 0.717) is 17.8 Å². The number of hydrogen-bond donors (Lipinski definition) is 2. The van der Waals surface area contributed by atoms with Gasteiger partial charge < -0.3 is 16.0 Å². The van der Waals surface area contributed by atoms with Gasteiger partial charge >= 0.3 is 6.03 Å². The van der Waals surface area contributed by atoms with Gasteiger partial charge in [0.05, 0.1) is 17.3 Å². The Kier molecular flexibility index (Phi) is 11.0. The molecule has 0 aromatic heterocycles. The van der Waals surface area contributed by atoms with E-state index >= 15 is 0 Å². The first kappa shape index (κ1) is 31.1. The summed E-state index contributed by atoms with van der Waals surface area (Å²) in [4.78, 5) is 32.9. The third kappa shape index (κ3) is 7.32. The summed E-state index contributed by atoms with van der Waals surface area (Å²) < 4.78 is 0. The van der Waals surface area contributed by atoms with E-state index in [1.54, 1.807) is 4.90 Å². The number of nitrogens with two attached hydrogens (primary N) is 1. The Labute approximate surface area is 251 Å². The summed E-state index contributed by atoms with van der Waals surface area (Å²) in [5, 5.41) is 3.33. The van der Waals surface area contributed by atoms with Crippen LogP contribution in [0.15, 0.2) is 72.8 Å². The number of amides is 3. The third-order valence-electron chi connectivity index (χ3n) is 8.39. The molecule has 1 aliphatic rings. The summed E-state index contributed by atoms with van der Waals surface area (Å²) in [5.74, 6) is -0.147. The Morgan fingerprint density at radius 2 is 1.50 bits per heavy atom. The van der Waals surface area contributed by atoms with Crippen LogP contribution in [0.1, 0.15) is 79.5 Å². The summed E-state index contributed by atoms with van der Waals surface area (Å²) in [6.45, 7) is 12.1. The smallest absolute Gasteiger partial charge is 0.319 e. The summed E-state index contributed by atoms with van der Waals surface area (Å²) >= 11 is 0. The number of anilines is 2. The maximum Gasteiger partial charge on any atom is 0.319 e. The predicted molar refractivity (Wildman–Crippen MR) is 173 cm³/mol. The molecule has 1 saturated heterocycles. The maximum atomic E-state index is 14.0. The molecule has 0 spiro atoms. The number of nitrogens with zero attached hydrogens (tertiary/aromatic N) is 3. The van der Waals surface area contributed by atoms with E-state index in [0.717, 1.165) is 63.1 Å². The number of piperidine rings is 1. The molecule has 7 nitrogen and oxygen atoms in total. The maximum absolute atomic E-state index is 14.0. The highest BCUT2D eigenvalue weighted by Crippen LogP contribution is 2.33. The second kappa shape index (κ2) is 14.9. The highest BCUT2D eigenvalue weighted by atomic mass is 16.2. The Hall–Kier alpha value is -3.84. The van der Waals surface area contributed by atoms with Crippen molar-refractivity contribution in [3.05, 3.63) is 95.1 Å². The monoisotopic (exact) mass is 569 g/mol. The van der Waals surface area contributed by atoms with E-state index in [4.69, 9.17) is 5.73 Å². The first-order valence-corrected chi connectivity index (χ1v) is 15.5. The van der Waals surface area contributed by atoms with Gasteiger partial charge in [-0.05, 0) is 68.9 Å². The van der Waals surface area contributed by atoms with E-state index in [2.05, 4.69) is 103 Å². The first-order chi connectivity index (χ1) is 20.4. The zero-order chi connectivity index (χ0) is 30.1. The predicted octanol–water partition coefficient (Wildman–Crippen LogP) is 6.51. The number of rotatable bonds is 12. The van der Waals surface area contributed by atoms with Crippen LogP contribution < -0.4 is 20.9 Å². The Morgan fingerprint density at radius 3 is 2.00 bits per heavy atom. The van der Waals surface area contributed by atoms with E-state index in [-0.39, 0.29) is 18.0 Å². The standard InChI is InChI=1S/C35H47N5O2/c1-5-8-21-40(35(36)42)32-26(4)24-30(38(6-2)7-3)25-31(32)34(41)37-29-19-22-39(23-20-29)33(27-15-11-9-12-16-27)28-17-13-10-14-18-28/h9-18,24-25,29,33H,5-8,19-23H2,1-4H3,(H2,36,42)(H,37,41). The largest absolute Gasteiger partial charge is 0.372 e. The molecule has 224 valence electrons. The fourth-order valence-electron chi connectivity index (χ4n) is 6.16. The molecule has 3 aromatic rings. The van der Waals surface area contributed by atoms with E-state index in [1.165, 1.54) is 11.1 Å². The molecule has 3 aromatic carbocycles. The molecule has 42 heavy (non-hydrogen) atoms. The van der Waals surface area contributed by atoms with Crippen LogP contribution in [0.2, 0.25) is 0 Å². The van der Waals surface area contributed by atoms with Gasteiger partial charge in [0.2, 0.25) is 0 Å². The number of likely N-dealkylation sites (tertiary alicyclic amines) is 1. The normalized spacial score (nSPS) is 14.1. The van der Waals surface area contributed by atoms with E-state index in [1.807, 2.05) is 13.0 Å². The fraction of sp³-hybridized carbons (Fsp3) is 0.429. The second-order valence-electron chi connectivity index (χ2n) is 11.2. The summed E-state index contributed by atoms with van der Waals surface area (Å²) in [5.41, 5.74) is 11.4. The van der Waals surface area contributed by atoms with Crippen molar-refractivity contribution in [2.45, 2.75) is 65.5 Å². The van der Waals surface area contributed by atoms with Gasteiger partial charge in [0, 0.05) is 44.5 Å². The average molecular weight is 570 g/mol. The molecule has 3 amide bonds. The first-order valence-electron chi connectivity index (χ1n) is 15.5. The Balaban J connectivity index is 1.56. The van der Waals surface area contributed by atoms with Gasteiger partial charge in [-0.3, -0.25) is 14.6 Å². The lowest BCUT2D eigenvalue weighted by Gasteiger charge is -2.38. The minimum absolute atomic E-state index is 0.0453. The molecule has 1 heterocycles. The summed E-state index contributed by atoms with van der Waals surface area (Å²) in [6, 6.07) is 25.0. The lowest BCUT2D eigenvalue weighted by Crippen LogP contribution is -2.46. The van der Waals surface area contributed by atoms with Crippen molar-refractivity contribution in [1.82, 2.24) is 10.2 Å². The molecule has 0 bridgehead atoms. The van der Waals surface area contributed by atoms with Crippen LogP contribution in [0.4, 0.5) is 16.2 Å². The number of carbonyl (C=O) groups is 2. The molecule has 3 N–H and O–H groups in total. The molecule has 1 fully saturated rings. The summed E-state index contributed by atoms with van der Waals surface area (Å²) in [7, 11) is 0. The topological polar surface area (TPSA) is 81.9 Å². The SMILES string of the molecule is CCCCN(C(N)=O)c1c(C)cc(N(CC)CC)cc1C(=O)NC1CCN(C(c2ccccc2)c2ccccc2)CC1. The average Bonchev–Trinajstić information content (AvgIpc) is 3.00. The van der Waals surface area contributed by atoms with Crippen molar-refractivity contribution in [2.24, 2.45) is 5.73 Å². The minimum atomic E-state index is -0.530. The van der Waals surface area contributed by atoms with Crippen LogP contribution in [0.5, 0.6) is 0 Å². The number of nitrogens with one attached hydrogen (secondary N) is 1. The van der Waals surface area contributed by atoms with E-state index < -0.39 is 6.03 Å². The molecular weight excluding hydrogens is 522 g/mol. The van der Waals surface area contributed by atoms with Crippen LogP contribution in [0, 0.1) is 6.92 Å². The highest BCUT2D eigenvalue weighted by Gasteiger charge is 2.30. The van der Waals surface area contributed by atoms with Gasteiger partial charge in [0.1, 0.15) is 0 Å². The van der Waals surface area contributed by atoms with Crippen LogP contribution in [0.3, 0.4) is 0 Å². The molecule has 0 atom stereocenters. The van der Waals surface area contributed by atoms with Gasteiger partial charge in [-0.1, -0.05) is 74.0 Å². The van der Waals surface area contributed by atoms with E-state index in [9.17, 15) is 9.59 Å². The van der Waals surface area contributed by atoms with Crippen LogP contribution in [0.25, 0.3) is 0 Å². The zero-order valence-electron chi connectivity index (χ0n) is 25.7. The van der Waals surface area contributed by atoms with Crippen molar-refractivity contribution in [1.29, 1.82) is 0 Å². The molecule has 0 aliphatic carbocycles. The fourth-order valence-corrected chi connectivity index (χ4v) is 6.16. The van der Waals surface area contributed by atoms with Crippen molar-refractivity contribution < 1.29 is 9.59 Å². The summed E-state index contributed by atoms with van der Waals surface area (Å²) in [6.07, 6.45) is 3.43. The third-order valence-corrected chi connectivity index (χ3v) is 8.39. The van der Waals surface area contributed by atoms with Gasteiger partial charge in [-0.15, -0.1) is 0 Å². The minimum Gasteiger partial charge on any atom is -0.372 e. The molecule has 1 aliphatic heterocycles. The van der Waals surface area contributed by atoms with Crippen LogP contribution >= 0.6 is 0 Å². The van der Waals surface area contributed by atoms with Gasteiger partial charge in [0.25, 0.3) is 5.91 Å². The van der Waals surface area contributed by atoms with Gasteiger partial charge in [0.15, 0.2) is 0 Å². The number of benzene rings is 3. The zero-order valence-corrected chi connectivity index (χ0v) is 25.7. The van der Waals surface area contributed by atoms with Crippen molar-refractivity contribution >= 4 is 23.3 Å². The quantitative estimate of drug-likeness (QED) is 0.261. The number of urea groups is 1. The Bertz CT molecular complexity index is 1260. The number of hydrogen-bond acceptors (Lipinski definition) is 4. The second-order valence-corrected chi connectivity index (χ2v) is 11.2. The molecule has 4 rings (SSSR count). The molecule has 0 saturated carbocycles. The highest BCUT2D eigenvalue weighted by molar-refractivity contribution is 6.06. The van der Waals surface area contributed by atoms with Crippen molar-refractivity contribution in [3.8, 4) is 0 Å². The molecule has 0 unspecified atom stereocenters. The van der Waals surface area contributed by atoms with Gasteiger partial charge in [-0.2, -0.15) is 0 Å². The molecule has 0 radical (unpaired) electrons. The number of unbranched alkanes of at least 4 members (excludes halogenated alkanes) is 1. The van der Waals surface area contributed by atoms with Crippen molar-refractivity contribution in [3.63, 3.8) is 0 Å². The molecular formula is C35H47N5O2. The lowest BCUT2D eigenvalue weighted by molar-refractivity contribution is 0.0901. The van der Waals surface area contributed by atoms with Gasteiger partial charge in [-0.25, -0.2) is 4.79 Å². The number of primary amides is 1. The Morgan fingerprint density at radius 1 is 0.929 bits per heavy atom.